The highest BCUT2D eigenvalue weighted by Gasteiger charge is 2.41. The number of anilines is 1. The number of nitrogens with zero attached hydrogens (tertiary/aromatic N) is 2. The number of hydrogen-bond acceptors (Lipinski definition) is 5. The summed E-state index contributed by atoms with van der Waals surface area (Å²) in [6, 6.07) is 22.6. The highest BCUT2D eigenvalue weighted by Crippen LogP contribution is 2.47. The first-order valence-electron chi connectivity index (χ1n) is 13.1. The molecular formula is C33H33N3O2. The predicted octanol–water partition coefficient (Wildman–Crippen LogP) is 6.80. The summed E-state index contributed by atoms with van der Waals surface area (Å²) in [6.45, 7) is 8.56. The number of Topliss-reactive ketones (excluding diaryl/α,β-unsaturated/α-hetero) is 1. The third kappa shape index (κ3) is 4.59. The van der Waals surface area contributed by atoms with E-state index in [0.717, 1.165) is 57.8 Å². The summed E-state index contributed by atoms with van der Waals surface area (Å²) in [4.78, 5) is 15.5. The highest BCUT2D eigenvalue weighted by molar-refractivity contribution is 6.01. The second-order valence-electron chi connectivity index (χ2n) is 10.4. The number of benzene rings is 3. The van der Waals surface area contributed by atoms with Gasteiger partial charge < -0.3 is 10.5 Å². The fourth-order valence-electron chi connectivity index (χ4n) is 5.60. The second kappa shape index (κ2) is 10.2. The van der Waals surface area contributed by atoms with Crippen LogP contribution in [0.2, 0.25) is 0 Å². The lowest BCUT2D eigenvalue weighted by atomic mass is 9.73. The number of allylic oxidation sites excluding steroid dienone is 3. The van der Waals surface area contributed by atoms with Gasteiger partial charge in [0, 0.05) is 23.4 Å². The van der Waals surface area contributed by atoms with E-state index in [4.69, 9.17) is 10.5 Å². The topological polar surface area (TPSA) is 79.3 Å². The summed E-state index contributed by atoms with van der Waals surface area (Å²) in [5.41, 5.74) is 16.0. The van der Waals surface area contributed by atoms with Gasteiger partial charge in [0.25, 0.3) is 0 Å². The first kappa shape index (κ1) is 25.4. The molecule has 0 radical (unpaired) electrons. The minimum absolute atomic E-state index is 0.0898. The Bertz CT molecular complexity index is 1510. The van der Waals surface area contributed by atoms with Crippen molar-refractivity contribution in [2.75, 3.05) is 4.90 Å². The molecule has 38 heavy (non-hydrogen) atoms. The minimum atomic E-state index is -0.498. The van der Waals surface area contributed by atoms with Crippen molar-refractivity contribution in [1.82, 2.24) is 0 Å². The molecule has 5 heteroatoms. The summed E-state index contributed by atoms with van der Waals surface area (Å²) >= 11 is 0. The molecule has 1 heterocycles. The van der Waals surface area contributed by atoms with E-state index in [1.807, 2.05) is 81.1 Å². The first-order valence-corrected chi connectivity index (χ1v) is 13.1. The number of carbonyl (C=O) groups is 1. The van der Waals surface area contributed by atoms with Crippen LogP contribution in [0.1, 0.15) is 58.6 Å². The van der Waals surface area contributed by atoms with Crippen LogP contribution >= 0.6 is 0 Å². The van der Waals surface area contributed by atoms with Crippen molar-refractivity contribution in [1.29, 1.82) is 5.26 Å². The van der Waals surface area contributed by atoms with Gasteiger partial charge in [-0.05, 0) is 81.5 Å². The van der Waals surface area contributed by atoms with Crippen LogP contribution in [0.3, 0.4) is 0 Å². The van der Waals surface area contributed by atoms with Gasteiger partial charge in [-0.25, -0.2) is 0 Å². The zero-order valence-corrected chi connectivity index (χ0v) is 22.5. The lowest BCUT2D eigenvalue weighted by Gasteiger charge is -2.40. The van der Waals surface area contributed by atoms with Crippen LogP contribution in [0.15, 0.2) is 83.3 Å². The summed E-state index contributed by atoms with van der Waals surface area (Å²) in [5, 5.41) is 10.4. The van der Waals surface area contributed by atoms with Gasteiger partial charge in [-0.1, -0.05) is 53.1 Å². The zero-order chi connectivity index (χ0) is 27.0. The normalized spacial score (nSPS) is 17.4. The number of nitrogens with two attached hydrogens (primary N) is 1. The van der Waals surface area contributed by atoms with Crippen LogP contribution in [-0.2, 0) is 11.4 Å². The molecule has 3 aromatic rings. The van der Waals surface area contributed by atoms with Crippen LogP contribution in [0.25, 0.3) is 0 Å². The molecule has 0 aromatic heterocycles. The minimum Gasteiger partial charge on any atom is -0.489 e. The Balaban J connectivity index is 1.62. The largest absolute Gasteiger partial charge is 0.489 e. The number of ketones is 1. The molecule has 5 nitrogen and oxygen atoms in total. The number of ether oxygens (including phenoxy) is 1. The summed E-state index contributed by atoms with van der Waals surface area (Å²) < 4.78 is 6.12. The van der Waals surface area contributed by atoms with E-state index in [0.29, 0.717) is 30.0 Å². The van der Waals surface area contributed by atoms with Crippen molar-refractivity contribution >= 4 is 11.5 Å². The molecule has 1 aliphatic heterocycles. The Morgan fingerprint density at radius 3 is 2.26 bits per heavy atom. The molecule has 1 aliphatic carbocycles. The van der Waals surface area contributed by atoms with Gasteiger partial charge in [-0.15, -0.1) is 0 Å². The van der Waals surface area contributed by atoms with Crippen molar-refractivity contribution in [2.24, 2.45) is 5.73 Å². The van der Waals surface area contributed by atoms with Crippen molar-refractivity contribution in [3.63, 3.8) is 0 Å². The number of nitriles is 1. The van der Waals surface area contributed by atoms with Crippen molar-refractivity contribution < 1.29 is 9.53 Å². The maximum atomic E-state index is 13.5. The average Bonchev–Trinajstić information content (AvgIpc) is 2.90. The molecule has 1 atom stereocenters. The molecule has 3 aromatic carbocycles. The standard InChI is InChI=1S/C33H33N3O2/c1-20-8-12-25(13-9-20)36-29-6-5-7-30(37)32(29)31(28(18-34)33(36)35)27-17-22(3)16-24(23(27)4)19-38-26-14-10-21(2)11-15-26/h8-17,31H,5-7,19,35H2,1-4H3. The average molecular weight is 504 g/mol. The fourth-order valence-corrected chi connectivity index (χ4v) is 5.60. The highest BCUT2D eigenvalue weighted by atomic mass is 16.5. The molecule has 0 bridgehead atoms. The molecule has 0 fully saturated rings. The lowest BCUT2D eigenvalue weighted by molar-refractivity contribution is -0.116. The fraction of sp³-hybridized carbons (Fsp3) is 0.273. The smallest absolute Gasteiger partial charge is 0.161 e. The van der Waals surface area contributed by atoms with Crippen LogP contribution < -0.4 is 15.4 Å². The molecule has 0 saturated heterocycles. The molecule has 1 unspecified atom stereocenters. The van der Waals surface area contributed by atoms with Gasteiger partial charge in [-0.2, -0.15) is 5.26 Å². The second-order valence-corrected chi connectivity index (χ2v) is 10.4. The third-order valence-electron chi connectivity index (χ3n) is 7.63. The lowest BCUT2D eigenvalue weighted by Crippen LogP contribution is -2.39. The molecule has 0 saturated carbocycles. The van der Waals surface area contributed by atoms with Gasteiger partial charge in [0.05, 0.1) is 17.6 Å². The van der Waals surface area contributed by atoms with Gasteiger partial charge in [0.1, 0.15) is 18.2 Å². The molecule has 2 N–H and O–H groups in total. The maximum Gasteiger partial charge on any atom is 0.161 e. The van der Waals surface area contributed by atoms with E-state index in [9.17, 15) is 10.1 Å². The summed E-state index contributed by atoms with van der Waals surface area (Å²) in [7, 11) is 0. The Labute approximate surface area is 224 Å². The Morgan fingerprint density at radius 1 is 0.947 bits per heavy atom. The number of carbonyl (C=O) groups excluding carboxylic acids is 1. The van der Waals surface area contributed by atoms with Crippen molar-refractivity contribution in [3.8, 4) is 11.8 Å². The Morgan fingerprint density at radius 2 is 1.61 bits per heavy atom. The number of rotatable bonds is 5. The van der Waals surface area contributed by atoms with Gasteiger partial charge in [0.15, 0.2) is 5.78 Å². The molecule has 5 rings (SSSR count). The van der Waals surface area contributed by atoms with Crippen molar-refractivity contribution in [3.05, 3.63) is 117 Å². The van der Waals surface area contributed by atoms with Gasteiger partial charge in [0.2, 0.25) is 0 Å². The molecule has 192 valence electrons. The van der Waals surface area contributed by atoms with E-state index in [1.165, 1.54) is 5.56 Å². The summed E-state index contributed by atoms with van der Waals surface area (Å²) in [6.07, 6.45) is 1.98. The number of hydrogen-bond donors (Lipinski definition) is 1. The van der Waals surface area contributed by atoms with Crippen LogP contribution in [0.5, 0.6) is 5.75 Å². The van der Waals surface area contributed by atoms with E-state index in [2.05, 4.69) is 18.2 Å². The Hall–Kier alpha value is -4.30. The Kier molecular flexibility index (Phi) is 6.82. The van der Waals surface area contributed by atoms with Crippen molar-refractivity contribution in [2.45, 2.75) is 59.5 Å². The molecular weight excluding hydrogens is 470 g/mol. The SMILES string of the molecule is Cc1ccc(OCc2cc(C)cc(C3C(C#N)=C(N)N(c4ccc(C)cc4)C4=C3C(=O)CCC4)c2C)cc1. The van der Waals surface area contributed by atoms with Crippen LogP contribution in [0.4, 0.5) is 5.69 Å². The van der Waals surface area contributed by atoms with Gasteiger partial charge in [-0.3, -0.25) is 9.69 Å². The van der Waals surface area contributed by atoms with E-state index < -0.39 is 5.92 Å². The van der Waals surface area contributed by atoms with E-state index >= 15 is 0 Å². The van der Waals surface area contributed by atoms with Crippen LogP contribution in [-0.4, -0.2) is 5.78 Å². The van der Waals surface area contributed by atoms with E-state index in [1.54, 1.807) is 0 Å². The van der Waals surface area contributed by atoms with E-state index in [-0.39, 0.29) is 5.78 Å². The zero-order valence-electron chi connectivity index (χ0n) is 22.5. The van der Waals surface area contributed by atoms with Gasteiger partial charge >= 0.3 is 0 Å². The summed E-state index contributed by atoms with van der Waals surface area (Å²) in [5.74, 6) is 0.793. The molecule has 0 spiro atoms. The predicted molar refractivity (Wildman–Crippen MR) is 151 cm³/mol. The number of aryl methyl sites for hydroxylation is 3. The quantitative estimate of drug-likeness (QED) is 0.414. The molecule has 0 amide bonds. The third-order valence-corrected chi connectivity index (χ3v) is 7.63. The van der Waals surface area contributed by atoms with Crippen LogP contribution in [0, 0.1) is 39.0 Å². The maximum absolute atomic E-state index is 13.5. The molecule has 2 aliphatic rings. The first-order chi connectivity index (χ1) is 18.3. The monoisotopic (exact) mass is 503 g/mol.